The van der Waals surface area contributed by atoms with Crippen LogP contribution in [0.15, 0.2) is 85.0 Å². The second-order valence-corrected chi connectivity index (χ2v) is 4.45. The van der Waals surface area contributed by atoms with Gasteiger partial charge in [0.25, 0.3) is 5.71 Å². The van der Waals surface area contributed by atoms with Gasteiger partial charge in [0.05, 0.1) is 6.42 Å². The molecule has 0 fully saturated rings. The van der Waals surface area contributed by atoms with Gasteiger partial charge in [-0.15, -0.1) is 0 Å². The van der Waals surface area contributed by atoms with E-state index in [4.69, 9.17) is 16.3 Å². The molecule has 0 amide bonds. The van der Waals surface area contributed by atoms with Crippen LogP contribution in [0.2, 0.25) is 0 Å². The monoisotopic (exact) mass is 386 g/mol. The van der Waals surface area contributed by atoms with E-state index in [1.54, 1.807) is 30.3 Å². The smallest absolute Gasteiger partial charge is 0.385 e. The van der Waals surface area contributed by atoms with E-state index in [0.29, 0.717) is 17.1 Å². The summed E-state index contributed by atoms with van der Waals surface area (Å²) in [5.74, 6) is 0. The molecule has 0 saturated carbocycles. The van der Waals surface area contributed by atoms with E-state index in [-0.39, 0.29) is 24.8 Å². The molecular formula is C18H16Cl2N6. The molecule has 2 aromatic rings. The molecule has 0 N–H and O–H groups in total. The van der Waals surface area contributed by atoms with Crippen LogP contribution in [0.3, 0.4) is 0 Å². The van der Waals surface area contributed by atoms with Crippen molar-refractivity contribution in [2.24, 2.45) is 0 Å². The summed E-state index contributed by atoms with van der Waals surface area (Å²) in [5, 5.41) is 16.3. The summed E-state index contributed by atoms with van der Waals surface area (Å²) in [6.45, 7) is 0. The van der Waals surface area contributed by atoms with Crippen LogP contribution in [0.25, 0.3) is 15.5 Å². The first-order valence-corrected chi connectivity index (χ1v) is 7.14. The molecule has 26 heavy (non-hydrogen) atoms. The molecule has 1 aliphatic rings. The van der Waals surface area contributed by atoms with Crippen LogP contribution >= 0.6 is 0 Å². The summed E-state index contributed by atoms with van der Waals surface area (Å²) in [7, 11) is 0. The van der Waals surface area contributed by atoms with Crippen molar-refractivity contribution in [3.63, 3.8) is 0 Å². The van der Waals surface area contributed by atoms with Crippen LogP contribution in [0.4, 0.5) is 11.4 Å². The Morgan fingerprint density at radius 3 is 1.42 bits per heavy atom. The second-order valence-electron chi connectivity index (χ2n) is 4.45. The summed E-state index contributed by atoms with van der Waals surface area (Å²) < 4.78 is 0. The summed E-state index contributed by atoms with van der Waals surface area (Å²) >= 11 is 0. The van der Waals surface area contributed by atoms with Gasteiger partial charge in [-0.25, -0.2) is 0 Å². The van der Waals surface area contributed by atoms with Gasteiger partial charge in [0.1, 0.15) is 0 Å². The molecule has 0 unspecified atom stereocenters. The SMILES string of the molecule is N#[N+]c1ccccc1.N#[N+]c1ccccc1.[Cl-].[Cl-].[N-]=[N+]=C1C=CC=CC1. The lowest BCUT2D eigenvalue weighted by atomic mass is 10.2. The Hall–Kier alpha value is -3.28. The zero-order valence-electron chi connectivity index (χ0n) is 13.7. The molecule has 0 aromatic heterocycles. The van der Waals surface area contributed by atoms with Gasteiger partial charge in [0.2, 0.25) is 10.8 Å². The van der Waals surface area contributed by atoms with Crippen molar-refractivity contribution in [3.8, 4) is 0 Å². The van der Waals surface area contributed by atoms with Gasteiger partial charge in [-0.2, -0.15) is 4.79 Å². The van der Waals surface area contributed by atoms with Gasteiger partial charge in [0, 0.05) is 30.3 Å². The molecule has 0 radical (unpaired) electrons. The maximum Gasteiger partial charge on any atom is 0.385 e. The summed E-state index contributed by atoms with van der Waals surface area (Å²) in [5.41, 5.74) is 10.1. The summed E-state index contributed by atoms with van der Waals surface area (Å²) in [4.78, 5) is 8.97. The second kappa shape index (κ2) is 16.6. The molecule has 1 aliphatic carbocycles. The number of hydrogen-bond acceptors (Lipinski definition) is 2. The first-order valence-electron chi connectivity index (χ1n) is 7.14. The minimum absolute atomic E-state index is 0. The summed E-state index contributed by atoms with van der Waals surface area (Å²) in [6.07, 6.45) is 8.23. The summed E-state index contributed by atoms with van der Waals surface area (Å²) in [6, 6.07) is 17.9. The molecule has 0 bridgehead atoms. The minimum Gasteiger partial charge on any atom is -1.00 e. The number of halogens is 2. The lowest BCUT2D eigenvalue weighted by Gasteiger charge is -1.85. The maximum absolute atomic E-state index is 8.19. The Morgan fingerprint density at radius 1 is 0.731 bits per heavy atom. The molecule has 0 heterocycles. The lowest BCUT2D eigenvalue weighted by Crippen LogP contribution is -3.00. The molecule has 6 nitrogen and oxygen atoms in total. The Bertz CT molecular complexity index is 765. The highest BCUT2D eigenvalue weighted by Crippen LogP contribution is 2.08. The van der Waals surface area contributed by atoms with E-state index < -0.39 is 0 Å². The van der Waals surface area contributed by atoms with Crippen LogP contribution < -0.4 is 24.8 Å². The fraction of sp³-hybridized carbons (Fsp3) is 0.0556. The first-order chi connectivity index (χ1) is 11.8. The maximum atomic E-state index is 8.19. The van der Waals surface area contributed by atoms with Crippen molar-refractivity contribution in [1.29, 1.82) is 10.8 Å². The van der Waals surface area contributed by atoms with Crippen LogP contribution in [-0.2, 0) is 0 Å². The average Bonchev–Trinajstić information content (AvgIpc) is 2.71. The Labute approximate surface area is 164 Å². The molecule has 0 atom stereocenters. The predicted molar refractivity (Wildman–Crippen MR) is 93.9 cm³/mol. The van der Waals surface area contributed by atoms with Crippen molar-refractivity contribution in [2.45, 2.75) is 6.42 Å². The van der Waals surface area contributed by atoms with Crippen LogP contribution in [0.5, 0.6) is 0 Å². The largest absolute Gasteiger partial charge is 1.00 e. The third-order valence-corrected chi connectivity index (χ3v) is 2.73. The zero-order chi connectivity index (χ0) is 17.5. The van der Waals surface area contributed by atoms with Gasteiger partial charge in [-0.3, -0.25) is 0 Å². The molecule has 8 heteroatoms. The lowest BCUT2D eigenvalue weighted by molar-refractivity contribution is -0.00552. The predicted octanol–water partition coefficient (Wildman–Crippen LogP) is -0.476. The number of hydrogen-bond donors (Lipinski definition) is 0. The van der Waals surface area contributed by atoms with Crippen molar-refractivity contribution in [3.05, 3.63) is 100 Å². The van der Waals surface area contributed by atoms with Crippen molar-refractivity contribution in [1.82, 2.24) is 0 Å². The van der Waals surface area contributed by atoms with E-state index in [9.17, 15) is 0 Å². The quantitative estimate of drug-likeness (QED) is 0.347. The number of nitrogens with zero attached hydrogens (tertiary/aromatic N) is 6. The topological polar surface area (TPSA) is 92.7 Å². The fourth-order valence-corrected chi connectivity index (χ4v) is 1.57. The van der Waals surface area contributed by atoms with Crippen LogP contribution in [-0.4, -0.2) is 10.5 Å². The average molecular weight is 387 g/mol. The minimum atomic E-state index is 0. The molecule has 2 aromatic carbocycles. The van der Waals surface area contributed by atoms with E-state index in [0.717, 1.165) is 6.42 Å². The Kier molecular flexibility index (Phi) is 15.9. The number of allylic oxidation sites excluding steroid dienone is 4. The van der Waals surface area contributed by atoms with E-state index in [2.05, 4.69) is 14.7 Å². The van der Waals surface area contributed by atoms with Gasteiger partial charge in [-0.05, 0) is 0 Å². The fourth-order valence-electron chi connectivity index (χ4n) is 1.57. The van der Waals surface area contributed by atoms with Crippen LogP contribution in [0, 0.1) is 10.8 Å². The number of rotatable bonds is 0. The third-order valence-electron chi connectivity index (χ3n) is 2.73. The van der Waals surface area contributed by atoms with Crippen molar-refractivity contribution in [2.75, 3.05) is 0 Å². The Morgan fingerprint density at radius 2 is 1.19 bits per heavy atom. The van der Waals surface area contributed by atoms with Gasteiger partial charge in [-0.1, -0.05) is 54.6 Å². The van der Waals surface area contributed by atoms with Crippen molar-refractivity contribution < 1.29 is 29.6 Å². The molecule has 132 valence electrons. The van der Waals surface area contributed by atoms with E-state index >= 15 is 0 Å². The standard InChI is InChI=1S/C6H6N2.2C6H5N2.2ClH/c3*7-8-6-4-2-1-3-5-6;;/h1-4H,5H2;2*1-5H;2*1H/q;2*+1;;/p-2. The third kappa shape index (κ3) is 11.3. The van der Waals surface area contributed by atoms with Gasteiger partial charge in [0.15, 0.2) is 9.95 Å². The molecular weight excluding hydrogens is 371 g/mol. The van der Waals surface area contributed by atoms with E-state index in [1.807, 2.05) is 54.6 Å². The number of diazo groups is 2. The van der Waals surface area contributed by atoms with E-state index in [1.165, 1.54) is 0 Å². The highest BCUT2D eigenvalue weighted by molar-refractivity contribution is 5.92. The van der Waals surface area contributed by atoms with Gasteiger partial charge >= 0.3 is 11.4 Å². The molecule has 0 saturated heterocycles. The molecule has 3 rings (SSSR count). The first kappa shape index (κ1) is 25.0. The van der Waals surface area contributed by atoms with Crippen molar-refractivity contribution >= 4 is 17.1 Å². The van der Waals surface area contributed by atoms with Crippen LogP contribution in [0.1, 0.15) is 6.42 Å². The van der Waals surface area contributed by atoms with Gasteiger partial charge < -0.3 is 30.3 Å². The highest BCUT2D eigenvalue weighted by atomic mass is 35.5. The molecule has 0 spiro atoms. The normalized spacial score (nSPS) is 9.85. The zero-order valence-corrected chi connectivity index (χ0v) is 15.2. The number of benzene rings is 2. The Balaban J connectivity index is 0. The molecule has 0 aliphatic heterocycles. The highest BCUT2D eigenvalue weighted by Gasteiger charge is 2.00.